The van der Waals surface area contributed by atoms with E-state index in [9.17, 15) is 5.11 Å². The van der Waals surface area contributed by atoms with Crippen molar-refractivity contribution in [3.63, 3.8) is 0 Å². The Morgan fingerprint density at radius 2 is 1.19 bits per heavy atom. The second kappa shape index (κ2) is 11.1. The summed E-state index contributed by atoms with van der Waals surface area (Å²) >= 11 is 0. The van der Waals surface area contributed by atoms with Gasteiger partial charge in [0.15, 0.2) is 6.17 Å². The van der Waals surface area contributed by atoms with Crippen LogP contribution in [0.2, 0.25) is 39.3 Å². The van der Waals surface area contributed by atoms with Gasteiger partial charge in [0, 0.05) is 36.4 Å². The van der Waals surface area contributed by atoms with Gasteiger partial charge in [-0.1, -0.05) is 74.0 Å². The smallest absolute Gasteiger partial charge is 0.172 e. The first-order valence-corrected chi connectivity index (χ1v) is 17.6. The molecule has 1 aromatic carbocycles. The summed E-state index contributed by atoms with van der Waals surface area (Å²) in [6, 6.07) is 11.4. The average Bonchev–Trinajstić information content (AvgIpc) is 3.08. The maximum atomic E-state index is 10.3. The van der Waals surface area contributed by atoms with E-state index >= 15 is 0 Å². The van der Waals surface area contributed by atoms with Gasteiger partial charge < -0.3 is 9.75 Å². The number of rotatable bonds is 5. The van der Waals surface area contributed by atoms with Crippen molar-refractivity contribution in [2.45, 2.75) is 73.1 Å². The molecule has 0 unspecified atom stereocenters. The van der Waals surface area contributed by atoms with Gasteiger partial charge in [-0.15, -0.1) is 0 Å². The van der Waals surface area contributed by atoms with Gasteiger partial charge in [0.1, 0.15) is 5.75 Å². The Morgan fingerprint density at radius 1 is 0.781 bits per heavy atom. The van der Waals surface area contributed by atoms with Crippen LogP contribution in [0.1, 0.15) is 34.5 Å². The van der Waals surface area contributed by atoms with E-state index in [-0.39, 0.29) is 31.4 Å². The molecule has 0 aliphatic carbocycles. The number of aromatic hydroxyl groups is 1. The Kier molecular flexibility index (Phi) is 9.84. The van der Waals surface area contributed by atoms with E-state index in [1.165, 1.54) is 0 Å². The number of aryl methyl sites for hydroxylation is 4. The average molecular weight is 522 g/mol. The first-order valence-electron chi connectivity index (χ1n) is 10.8. The molecular weight excluding hydrogens is 484 g/mol. The maximum absolute atomic E-state index is 10.3. The number of aromatic nitrogens is 4. The molecule has 2 aromatic heterocycles. The second-order valence-corrected chi connectivity index (χ2v) is 19.7. The van der Waals surface area contributed by atoms with Crippen LogP contribution in [-0.2, 0) is 19.5 Å². The summed E-state index contributed by atoms with van der Waals surface area (Å²) in [5, 5.41) is 19.5. The fourth-order valence-electron chi connectivity index (χ4n) is 3.87. The van der Waals surface area contributed by atoms with Gasteiger partial charge in [-0.05, 0) is 45.9 Å². The zero-order valence-corrected chi connectivity index (χ0v) is 26.4. The first kappa shape index (κ1) is 28.5. The molecule has 0 aliphatic rings. The van der Waals surface area contributed by atoms with Gasteiger partial charge in [-0.2, -0.15) is 10.2 Å². The minimum absolute atomic E-state index is 0. The molecule has 172 valence electrons. The Balaban J connectivity index is 0.000000440. The second-order valence-electron chi connectivity index (χ2n) is 10.1. The molecule has 0 radical (unpaired) electrons. The van der Waals surface area contributed by atoms with Gasteiger partial charge in [-0.25, -0.2) is 9.36 Å². The molecule has 0 bridgehead atoms. The third-order valence-electron chi connectivity index (χ3n) is 4.44. The third-order valence-corrected chi connectivity index (χ3v) is 9.80. The van der Waals surface area contributed by atoms with E-state index in [2.05, 4.69) is 49.5 Å². The van der Waals surface area contributed by atoms with E-state index in [4.69, 9.17) is 4.65 Å². The molecule has 0 amide bonds. The van der Waals surface area contributed by atoms with Crippen molar-refractivity contribution in [1.29, 1.82) is 0 Å². The number of hydrogen-bond donors (Lipinski definition) is 1. The van der Waals surface area contributed by atoms with Crippen LogP contribution < -0.4 is 0 Å². The van der Waals surface area contributed by atoms with Crippen LogP contribution in [0.25, 0.3) is 4.65 Å². The standard InChI is InChI=1S/C17H20N4O.C6H18NSi2.Zn/c1-11-9-13(3)20(18-11)17(15-7-5-6-8-16(15)22)21-14(4)10-12(2)19-21;1-8(2,3)7-9(4,5)6;/h5-10,17,22H,1-4H3;1-6H3;/q;-1;. The molecule has 0 saturated carbocycles. The zero-order valence-electron chi connectivity index (χ0n) is 21.4. The molecular formula is C23H38N5OSi2Zn-. The van der Waals surface area contributed by atoms with Crippen LogP contribution in [0, 0.1) is 27.7 Å². The van der Waals surface area contributed by atoms with E-state index in [0.29, 0.717) is 0 Å². The van der Waals surface area contributed by atoms with Crippen molar-refractivity contribution < 1.29 is 24.6 Å². The number of hydrogen-bond acceptors (Lipinski definition) is 3. The number of nitrogens with zero attached hydrogens (tertiary/aromatic N) is 5. The predicted octanol–water partition coefficient (Wildman–Crippen LogP) is 6.14. The molecule has 2 heterocycles. The Labute approximate surface area is 208 Å². The molecule has 3 aromatic rings. The topological polar surface area (TPSA) is 70.0 Å². The van der Waals surface area contributed by atoms with Gasteiger partial charge in [-0.3, -0.25) is 0 Å². The summed E-state index contributed by atoms with van der Waals surface area (Å²) < 4.78 is 8.63. The quantitative estimate of drug-likeness (QED) is 0.410. The minimum atomic E-state index is -1.11. The summed E-state index contributed by atoms with van der Waals surface area (Å²) in [4.78, 5) is 0. The van der Waals surface area contributed by atoms with Crippen LogP contribution in [0.3, 0.4) is 0 Å². The van der Waals surface area contributed by atoms with E-state index < -0.39 is 16.5 Å². The largest absolute Gasteiger partial charge is 0.668 e. The summed E-state index contributed by atoms with van der Waals surface area (Å²) in [7, 11) is -2.21. The maximum Gasteiger partial charge on any atom is 0.172 e. The van der Waals surface area contributed by atoms with Crippen molar-refractivity contribution in [3.05, 3.63) is 69.4 Å². The van der Waals surface area contributed by atoms with Gasteiger partial charge in [0.05, 0.1) is 11.4 Å². The summed E-state index contributed by atoms with van der Waals surface area (Å²) in [6.45, 7) is 21.7. The first-order chi connectivity index (χ1) is 14.2. The van der Waals surface area contributed by atoms with Crippen molar-refractivity contribution >= 4 is 16.5 Å². The van der Waals surface area contributed by atoms with Crippen molar-refractivity contribution in [1.82, 2.24) is 19.6 Å². The fourth-order valence-corrected chi connectivity index (χ4v) is 11.9. The van der Waals surface area contributed by atoms with Gasteiger partial charge in [0.2, 0.25) is 0 Å². The third kappa shape index (κ3) is 8.10. The molecule has 0 fully saturated rings. The van der Waals surface area contributed by atoms with Crippen molar-refractivity contribution in [3.8, 4) is 5.75 Å². The van der Waals surface area contributed by atoms with E-state index in [1.54, 1.807) is 6.07 Å². The van der Waals surface area contributed by atoms with Crippen LogP contribution in [0.4, 0.5) is 0 Å². The van der Waals surface area contributed by atoms with Crippen LogP contribution >= 0.6 is 0 Å². The molecule has 9 heteroatoms. The minimum Gasteiger partial charge on any atom is -0.668 e. The van der Waals surface area contributed by atoms with Crippen LogP contribution in [0.5, 0.6) is 5.75 Å². The predicted molar refractivity (Wildman–Crippen MR) is 135 cm³/mol. The molecule has 0 atom stereocenters. The molecule has 32 heavy (non-hydrogen) atoms. The zero-order chi connectivity index (χ0) is 23.6. The normalized spacial score (nSPS) is 11.7. The summed E-state index contributed by atoms with van der Waals surface area (Å²) in [5.74, 6) is 0.243. The molecule has 0 saturated heterocycles. The Hall–Kier alpha value is -1.54. The van der Waals surface area contributed by atoms with Gasteiger partial charge >= 0.3 is 0 Å². The molecule has 0 aliphatic heterocycles. The molecule has 3 rings (SSSR count). The monoisotopic (exact) mass is 520 g/mol. The van der Waals surface area contributed by atoms with E-state index in [0.717, 1.165) is 28.3 Å². The van der Waals surface area contributed by atoms with Crippen LogP contribution in [0.15, 0.2) is 36.4 Å². The summed E-state index contributed by atoms with van der Waals surface area (Å²) in [6.07, 6.45) is -0.302. The fraction of sp³-hybridized carbons (Fsp3) is 0.478. The number of phenols is 1. The number of benzene rings is 1. The number of phenolic OH excluding ortho intramolecular Hbond substituents is 1. The van der Waals surface area contributed by atoms with Crippen molar-refractivity contribution in [2.75, 3.05) is 0 Å². The van der Waals surface area contributed by atoms with Crippen LogP contribution in [-0.4, -0.2) is 41.1 Å². The molecule has 0 spiro atoms. The molecule has 1 N–H and O–H groups in total. The SMILES string of the molecule is C[Si](C)(C)[N-][Si](C)(C)C.Cc1cc(C)n(C(c2ccccc2O)n2nc(C)cc2C)n1.[Zn]. The Morgan fingerprint density at radius 3 is 1.47 bits per heavy atom. The van der Waals surface area contributed by atoms with Gasteiger partial charge in [0.25, 0.3) is 0 Å². The number of para-hydroxylation sites is 1. The summed E-state index contributed by atoms with van der Waals surface area (Å²) in [5.41, 5.74) is 4.72. The van der Waals surface area contributed by atoms with Crippen molar-refractivity contribution in [2.24, 2.45) is 0 Å². The van der Waals surface area contributed by atoms with E-state index in [1.807, 2.05) is 67.4 Å². The molecule has 6 nitrogen and oxygen atoms in total. The Bertz CT molecular complexity index is 960.